The summed E-state index contributed by atoms with van der Waals surface area (Å²) >= 11 is 0. The lowest BCUT2D eigenvalue weighted by Gasteiger charge is -2.42. The summed E-state index contributed by atoms with van der Waals surface area (Å²) in [6.45, 7) is 22.0. The lowest BCUT2D eigenvalue weighted by molar-refractivity contribution is -0.0293. The molecule has 0 N–H and O–H groups in total. The Balaban J connectivity index is 1.60. The Morgan fingerprint density at radius 3 is 1.18 bits per heavy atom. The van der Waals surface area contributed by atoms with Crippen LogP contribution in [0.4, 0.5) is 0 Å². The van der Waals surface area contributed by atoms with Crippen LogP contribution in [0.2, 0.25) is 0 Å². The molecule has 0 unspecified atom stereocenters. The Morgan fingerprint density at radius 2 is 0.857 bits per heavy atom. The monoisotopic (exact) mass is 388 g/mol. The van der Waals surface area contributed by atoms with Gasteiger partial charge in [-0.2, -0.15) is 0 Å². The van der Waals surface area contributed by atoms with Gasteiger partial charge in [0, 0.05) is 13.1 Å². The van der Waals surface area contributed by atoms with Crippen LogP contribution in [-0.4, -0.2) is 95.6 Å². The molecule has 2 aliphatic heterocycles. The summed E-state index contributed by atoms with van der Waals surface area (Å²) in [5.41, 5.74) is 2.87. The molecule has 0 radical (unpaired) electrons. The van der Waals surface area contributed by atoms with Gasteiger partial charge in [0.1, 0.15) is 0 Å². The van der Waals surface area contributed by atoms with Crippen molar-refractivity contribution in [2.24, 2.45) is 0 Å². The second kappa shape index (κ2) is 10.7. The Labute approximate surface area is 172 Å². The Morgan fingerprint density at radius 1 is 0.536 bits per heavy atom. The molecule has 0 aromatic heterocycles. The zero-order chi connectivity index (χ0) is 19.9. The first-order valence-corrected chi connectivity index (χ1v) is 11.0. The second-order valence-electron chi connectivity index (χ2n) is 8.27. The second-order valence-corrected chi connectivity index (χ2v) is 8.27. The van der Waals surface area contributed by atoms with Crippen LogP contribution in [-0.2, 0) is 13.1 Å². The smallest absolute Gasteiger partial charge is 0.0533 e. The van der Waals surface area contributed by atoms with Crippen LogP contribution in [0.25, 0.3) is 0 Å². The summed E-state index contributed by atoms with van der Waals surface area (Å²) in [5.74, 6) is 0. The van der Waals surface area contributed by atoms with Crippen molar-refractivity contribution in [2.75, 3.05) is 66.2 Å². The van der Waals surface area contributed by atoms with Crippen LogP contribution in [0.3, 0.4) is 0 Å². The maximum atomic E-state index is 2.56. The molecule has 0 aliphatic carbocycles. The van der Waals surface area contributed by atoms with Crippen molar-refractivity contribution in [3.05, 3.63) is 35.4 Å². The zero-order valence-corrected chi connectivity index (χ0v) is 18.5. The van der Waals surface area contributed by atoms with E-state index in [4.69, 9.17) is 0 Å². The van der Waals surface area contributed by atoms with E-state index in [2.05, 4.69) is 81.4 Å². The number of rotatable bonds is 8. The Bertz CT molecular complexity index is 523. The summed E-state index contributed by atoms with van der Waals surface area (Å²) in [5, 5.41) is 0. The lowest BCUT2D eigenvalue weighted by Crippen LogP contribution is -2.54. The molecule has 158 valence electrons. The molecule has 2 aliphatic rings. The minimum Gasteiger partial charge on any atom is -0.278 e. The Kier molecular flexibility index (Phi) is 8.26. The minimum absolute atomic E-state index is 1.03. The van der Waals surface area contributed by atoms with E-state index < -0.39 is 0 Å². The van der Waals surface area contributed by atoms with Crippen molar-refractivity contribution in [1.29, 1.82) is 0 Å². The number of hydrogen-bond acceptors (Lipinski definition) is 6. The molecule has 3 rings (SSSR count). The molecule has 0 bridgehead atoms. The van der Waals surface area contributed by atoms with Gasteiger partial charge in [0.15, 0.2) is 0 Å². The molecular formula is C22H40N6. The molecule has 6 heteroatoms. The lowest BCUT2D eigenvalue weighted by atomic mass is 10.1. The molecule has 1 aromatic rings. The van der Waals surface area contributed by atoms with Crippen molar-refractivity contribution in [1.82, 2.24) is 29.4 Å². The van der Waals surface area contributed by atoms with Gasteiger partial charge >= 0.3 is 0 Å². The first kappa shape index (κ1) is 21.7. The molecule has 2 heterocycles. The number of hydrogen-bond donors (Lipinski definition) is 0. The molecule has 2 fully saturated rings. The highest BCUT2D eigenvalue weighted by molar-refractivity contribution is 5.23. The summed E-state index contributed by atoms with van der Waals surface area (Å²) in [7, 11) is 0. The van der Waals surface area contributed by atoms with Crippen LogP contribution in [0.1, 0.15) is 38.8 Å². The fraction of sp³-hybridized carbons (Fsp3) is 0.727. The maximum absolute atomic E-state index is 2.56. The molecule has 0 atom stereocenters. The van der Waals surface area contributed by atoms with Crippen molar-refractivity contribution in [3.63, 3.8) is 0 Å². The largest absolute Gasteiger partial charge is 0.278 e. The topological polar surface area (TPSA) is 19.4 Å². The van der Waals surface area contributed by atoms with Gasteiger partial charge in [0.2, 0.25) is 0 Å². The van der Waals surface area contributed by atoms with Gasteiger partial charge in [-0.15, -0.1) is 0 Å². The normalized spacial score (nSPS) is 22.1. The quantitative estimate of drug-likeness (QED) is 0.676. The number of benzene rings is 1. The highest BCUT2D eigenvalue weighted by Gasteiger charge is 2.23. The Hall–Kier alpha value is -1.02. The van der Waals surface area contributed by atoms with E-state index in [0.717, 1.165) is 79.3 Å². The van der Waals surface area contributed by atoms with Gasteiger partial charge in [0.25, 0.3) is 0 Å². The molecule has 0 spiro atoms. The third kappa shape index (κ3) is 5.99. The van der Waals surface area contributed by atoms with Crippen LogP contribution < -0.4 is 0 Å². The minimum atomic E-state index is 1.03. The van der Waals surface area contributed by atoms with Gasteiger partial charge in [0.05, 0.1) is 40.0 Å². The molecule has 2 saturated heterocycles. The van der Waals surface area contributed by atoms with Gasteiger partial charge in [-0.25, -0.2) is 0 Å². The molecule has 1 aromatic carbocycles. The summed E-state index contributed by atoms with van der Waals surface area (Å²) < 4.78 is 0. The highest BCUT2D eigenvalue weighted by Crippen LogP contribution is 2.16. The predicted molar refractivity (Wildman–Crippen MR) is 116 cm³/mol. The average molecular weight is 389 g/mol. The van der Waals surface area contributed by atoms with E-state index in [-0.39, 0.29) is 0 Å². The predicted octanol–water partition coefficient (Wildman–Crippen LogP) is 2.35. The molecule has 0 saturated carbocycles. The fourth-order valence-electron chi connectivity index (χ4n) is 4.31. The van der Waals surface area contributed by atoms with E-state index in [9.17, 15) is 0 Å². The van der Waals surface area contributed by atoms with Crippen LogP contribution in [0.15, 0.2) is 24.3 Å². The maximum Gasteiger partial charge on any atom is 0.0533 e. The highest BCUT2D eigenvalue weighted by atomic mass is 15.5. The first-order valence-electron chi connectivity index (χ1n) is 11.0. The van der Waals surface area contributed by atoms with Crippen LogP contribution >= 0.6 is 0 Å². The number of nitrogens with zero attached hydrogens (tertiary/aromatic N) is 6. The van der Waals surface area contributed by atoms with Crippen molar-refractivity contribution in [2.45, 2.75) is 40.8 Å². The third-order valence-electron chi connectivity index (χ3n) is 5.99. The van der Waals surface area contributed by atoms with Crippen molar-refractivity contribution >= 4 is 0 Å². The summed E-state index contributed by atoms with van der Waals surface area (Å²) in [6, 6.07) is 9.24. The van der Waals surface area contributed by atoms with E-state index in [1.807, 2.05) is 0 Å². The van der Waals surface area contributed by atoms with E-state index in [1.54, 1.807) is 0 Å². The molecular weight excluding hydrogens is 348 g/mol. The summed E-state index contributed by atoms with van der Waals surface area (Å²) in [6.07, 6.45) is 0. The van der Waals surface area contributed by atoms with Gasteiger partial charge in [-0.05, 0) is 37.3 Å². The average Bonchev–Trinajstić information content (AvgIpc) is 2.73. The zero-order valence-electron chi connectivity index (χ0n) is 18.5. The van der Waals surface area contributed by atoms with E-state index in [0.29, 0.717) is 0 Å². The van der Waals surface area contributed by atoms with Gasteiger partial charge < -0.3 is 0 Å². The molecule has 0 amide bonds. The van der Waals surface area contributed by atoms with E-state index in [1.165, 1.54) is 11.1 Å². The van der Waals surface area contributed by atoms with Gasteiger partial charge in [-0.1, -0.05) is 52.0 Å². The van der Waals surface area contributed by atoms with Gasteiger partial charge in [-0.3, -0.25) is 29.4 Å². The fourth-order valence-corrected chi connectivity index (χ4v) is 4.31. The first-order chi connectivity index (χ1) is 13.6. The standard InChI is InChI=1S/C22H40N6/c1-5-23-15-24(6-2)18-27(17-23)13-21-10-9-11-22(12-21)14-28-19-25(7-3)16-26(8-4)20-28/h9-12H,5-8,13-20H2,1-4H3. The van der Waals surface area contributed by atoms with Crippen LogP contribution in [0.5, 0.6) is 0 Å². The third-order valence-corrected chi connectivity index (χ3v) is 5.99. The summed E-state index contributed by atoms with van der Waals surface area (Å²) in [4.78, 5) is 15.2. The van der Waals surface area contributed by atoms with Crippen LogP contribution in [0, 0.1) is 0 Å². The van der Waals surface area contributed by atoms with E-state index >= 15 is 0 Å². The SMILES string of the molecule is CCN1CN(CC)CN(Cc2cccc(CN3CN(CC)CN(CC)C3)c2)C1. The van der Waals surface area contributed by atoms with Crippen molar-refractivity contribution in [3.8, 4) is 0 Å². The van der Waals surface area contributed by atoms with Crippen molar-refractivity contribution < 1.29 is 0 Å². The molecule has 6 nitrogen and oxygen atoms in total. The molecule has 28 heavy (non-hydrogen) atoms.